The largest absolute Gasteiger partial charge is 0.496 e. The topological polar surface area (TPSA) is 47.3 Å². The highest BCUT2D eigenvalue weighted by Gasteiger charge is 2.22. The molecule has 0 heterocycles. The van der Waals surface area contributed by atoms with E-state index in [9.17, 15) is 0 Å². The van der Waals surface area contributed by atoms with Gasteiger partial charge >= 0.3 is 0 Å². The van der Waals surface area contributed by atoms with E-state index in [2.05, 4.69) is 34.3 Å². The lowest BCUT2D eigenvalue weighted by molar-refractivity contribution is 0.401. The third kappa shape index (κ3) is 3.09. The van der Waals surface area contributed by atoms with Crippen LogP contribution in [-0.4, -0.2) is 7.11 Å². The molecule has 112 valence electrons. The molecule has 2 rings (SSSR count). The third-order valence-electron chi connectivity index (χ3n) is 3.68. The molecule has 3 N–H and O–H groups in total. The van der Waals surface area contributed by atoms with Gasteiger partial charge in [-0.3, -0.25) is 5.84 Å². The van der Waals surface area contributed by atoms with Gasteiger partial charge in [0.15, 0.2) is 0 Å². The Morgan fingerprint density at radius 2 is 1.90 bits per heavy atom. The number of aryl methyl sites for hydroxylation is 1. The molecule has 3 nitrogen and oxygen atoms in total. The van der Waals surface area contributed by atoms with Crippen LogP contribution in [0.15, 0.2) is 34.8 Å². The van der Waals surface area contributed by atoms with E-state index in [0.29, 0.717) is 5.02 Å². The number of halogens is 2. The number of hydrogen-bond acceptors (Lipinski definition) is 3. The summed E-state index contributed by atoms with van der Waals surface area (Å²) in [5, 5.41) is 0.640. The van der Waals surface area contributed by atoms with Crippen LogP contribution in [0.5, 0.6) is 5.75 Å². The SMILES string of the molecule is COc1c(C(NN)c2cccc(Br)c2Cl)ccc(C)c1C. The van der Waals surface area contributed by atoms with E-state index < -0.39 is 0 Å². The summed E-state index contributed by atoms with van der Waals surface area (Å²) in [6.07, 6.45) is 0. The summed E-state index contributed by atoms with van der Waals surface area (Å²) < 4.78 is 6.42. The number of nitrogens with one attached hydrogen (secondary N) is 1. The lowest BCUT2D eigenvalue weighted by Gasteiger charge is -2.23. The summed E-state index contributed by atoms with van der Waals surface area (Å²) >= 11 is 9.85. The number of nitrogens with two attached hydrogens (primary N) is 1. The smallest absolute Gasteiger partial charge is 0.127 e. The normalized spacial score (nSPS) is 12.3. The van der Waals surface area contributed by atoms with Gasteiger partial charge in [0.2, 0.25) is 0 Å². The summed E-state index contributed by atoms with van der Waals surface area (Å²) in [5.74, 6) is 6.62. The van der Waals surface area contributed by atoms with Crippen molar-refractivity contribution in [1.82, 2.24) is 5.43 Å². The van der Waals surface area contributed by atoms with Crippen LogP contribution in [0, 0.1) is 13.8 Å². The van der Waals surface area contributed by atoms with Crippen LogP contribution in [0.4, 0.5) is 0 Å². The summed E-state index contributed by atoms with van der Waals surface area (Å²) in [5.41, 5.74) is 6.97. The molecule has 0 aromatic heterocycles. The van der Waals surface area contributed by atoms with Crippen molar-refractivity contribution in [2.75, 3.05) is 7.11 Å². The van der Waals surface area contributed by atoms with Crippen molar-refractivity contribution >= 4 is 27.5 Å². The van der Waals surface area contributed by atoms with Crippen LogP contribution < -0.4 is 16.0 Å². The van der Waals surface area contributed by atoms with Crippen molar-refractivity contribution in [2.45, 2.75) is 19.9 Å². The van der Waals surface area contributed by atoms with E-state index in [0.717, 1.165) is 26.9 Å². The number of hydrogen-bond donors (Lipinski definition) is 2. The van der Waals surface area contributed by atoms with E-state index in [-0.39, 0.29) is 6.04 Å². The van der Waals surface area contributed by atoms with Crippen molar-refractivity contribution < 1.29 is 4.74 Å². The first kappa shape index (κ1) is 16.3. The van der Waals surface area contributed by atoms with Gasteiger partial charge in [-0.1, -0.05) is 35.9 Å². The average Bonchev–Trinajstić information content (AvgIpc) is 2.48. The first-order valence-corrected chi connectivity index (χ1v) is 7.72. The molecular formula is C16H18BrClN2O. The number of hydrazine groups is 1. The zero-order valence-electron chi connectivity index (χ0n) is 12.2. The molecule has 1 unspecified atom stereocenters. The molecule has 21 heavy (non-hydrogen) atoms. The Labute approximate surface area is 138 Å². The Kier molecular flexibility index (Phi) is 5.27. The maximum Gasteiger partial charge on any atom is 0.127 e. The molecule has 0 bridgehead atoms. The molecule has 0 aliphatic carbocycles. The lowest BCUT2D eigenvalue weighted by atomic mass is 9.94. The fraction of sp³-hybridized carbons (Fsp3) is 0.250. The molecule has 0 aliphatic heterocycles. The highest BCUT2D eigenvalue weighted by atomic mass is 79.9. The lowest BCUT2D eigenvalue weighted by Crippen LogP contribution is -2.29. The molecule has 1 atom stereocenters. The molecule has 0 saturated heterocycles. The highest BCUT2D eigenvalue weighted by molar-refractivity contribution is 9.10. The average molecular weight is 370 g/mol. The number of benzene rings is 2. The van der Waals surface area contributed by atoms with Gasteiger partial charge in [-0.15, -0.1) is 0 Å². The van der Waals surface area contributed by atoms with Crippen LogP contribution >= 0.6 is 27.5 Å². The monoisotopic (exact) mass is 368 g/mol. The number of rotatable bonds is 4. The fourth-order valence-corrected chi connectivity index (χ4v) is 3.02. The first-order chi connectivity index (χ1) is 10.0. The molecule has 0 amide bonds. The van der Waals surface area contributed by atoms with Crippen LogP contribution in [0.1, 0.15) is 28.3 Å². The predicted molar refractivity (Wildman–Crippen MR) is 90.8 cm³/mol. The van der Waals surface area contributed by atoms with Crippen molar-refractivity contribution in [2.24, 2.45) is 5.84 Å². The van der Waals surface area contributed by atoms with Gasteiger partial charge in [0.25, 0.3) is 0 Å². The Morgan fingerprint density at radius 3 is 2.52 bits per heavy atom. The molecule has 5 heteroatoms. The van der Waals surface area contributed by atoms with Gasteiger partial charge in [0.05, 0.1) is 18.2 Å². The predicted octanol–water partition coefficient (Wildman–Crippen LogP) is 4.28. The van der Waals surface area contributed by atoms with Crippen molar-refractivity contribution in [3.05, 3.63) is 62.1 Å². The van der Waals surface area contributed by atoms with Gasteiger partial charge in [0.1, 0.15) is 5.75 Å². The zero-order chi connectivity index (χ0) is 15.6. The highest BCUT2D eigenvalue weighted by Crippen LogP contribution is 2.38. The number of methoxy groups -OCH3 is 1. The van der Waals surface area contributed by atoms with Gasteiger partial charge in [-0.2, -0.15) is 0 Å². The molecule has 2 aromatic rings. The molecule has 0 fully saturated rings. The van der Waals surface area contributed by atoms with E-state index in [1.54, 1.807) is 7.11 Å². The van der Waals surface area contributed by atoms with Crippen LogP contribution in [0.2, 0.25) is 5.02 Å². The summed E-state index contributed by atoms with van der Waals surface area (Å²) in [6.45, 7) is 4.09. The summed E-state index contributed by atoms with van der Waals surface area (Å²) in [7, 11) is 1.67. The maximum absolute atomic E-state index is 6.40. The van der Waals surface area contributed by atoms with E-state index in [4.69, 9.17) is 22.2 Å². The summed E-state index contributed by atoms with van der Waals surface area (Å²) in [6, 6.07) is 9.61. The molecule has 2 aromatic carbocycles. The van der Waals surface area contributed by atoms with Gasteiger partial charge in [-0.25, -0.2) is 5.43 Å². The minimum Gasteiger partial charge on any atom is -0.496 e. The Bertz CT molecular complexity index is 661. The zero-order valence-corrected chi connectivity index (χ0v) is 14.5. The van der Waals surface area contributed by atoms with Gasteiger partial charge in [-0.05, 0) is 52.5 Å². The second kappa shape index (κ2) is 6.79. The van der Waals surface area contributed by atoms with Crippen LogP contribution in [0.25, 0.3) is 0 Å². The second-order valence-electron chi connectivity index (χ2n) is 4.87. The van der Waals surface area contributed by atoms with Crippen molar-refractivity contribution in [1.29, 1.82) is 0 Å². The molecule has 0 radical (unpaired) electrons. The van der Waals surface area contributed by atoms with Crippen LogP contribution in [-0.2, 0) is 0 Å². The first-order valence-electron chi connectivity index (χ1n) is 6.55. The van der Waals surface area contributed by atoms with E-state index >= 15 is 0 Å². The van der Waals surface area contributed by atoms with Gasteiger partial charge < -0.3 is 4.74 Å². The quantitative estimate of drug-likeness (QED) is 0.624. The Hall–Kier alpha value is -1.07. The Balaban J connectivity index is 2.62. The Morgan fingerprint density at radius 1 is 1.19 bits per heavy atom. The third-order valence-corrected chi connectivity index (χ3v) is 4.99. The van der Waals surface area contributed by atoms with E-state index in [1.165, 1.54) is 5.56 Å². The van der Waals surface area contributed by atoms with E-state index in [1.807, 2.05) is 31.2 Å². The van der Waals surface area contributed by atoms with Gasteiger partial charge in [0, 0.05) is 10.0 Å². The minimum atomic E-state index is -0.246. The standard InChI is InChI=1S/C16H18BrClN2O/c1-9-7-8-12(16(21-3)10(9)2)15(20-19)11-5-4-6-13(17)14(11)18/h4-8,15,20H,19H2,1-3H3. The maximum atomic E-state index is 6.40. The number of ether oxygens (including phenoxy) is 1. The second-order valence-corrected chi connectivity index (χ2v) is 6.10. The molecule has 0 aliphatic rings. The summed E-state index contributed by atoms with van der Waals surface area (Å²) in [4.78, 5) is 0. The molecule has 0 spiro atoms. The van der Waals surface area contributed by atoms with Crippen molar-refractivity contribution in [3.8, 4) is 5.75 Å². The molecular weight excluding hydrogens is 352 g/mol. The molecule has 0 saturated carbocycles. The van der Waals surface area contributed by atoms with Crippen molar-refractivity contribution in [3.63, 3.8) is 0 Å². The minimum absolute atomic E-state index is 0.246. The fourth-order valence-electron chi connectivity index (χ4n) is 2.40. The van der Waals surface area contributed by atoms with Crippen LogP contribution in [0.3, 0.4) is 0 Å².